The van der Waals surface area contributed by atoms with Crippen LogP contribution in [0.25, 0.3) is 0 Å². The number of aromatic nitrogens is 1. The lowest BCUT2D eigenvalue weighted by molar-refractivity contribution is -0.148. The van der Waals surface area contributed by atoms with Gasteiger partial charge in [-0.2, -0.15) is 0 Å². The molecule has 0 aliphatic carbocycles. The molecule has 2 N–H and O–H groups in total. The maximum absolute atomic E-state index is 10.6. The molecule has 76 valence electrons. The first kappa shape index (κ1) is 9.27. The summed E-state index contributed by atoms with van der Waals surface area (Å²) in [6.45, 7) is 3.41. The molecular formula is C10H14N2O2. The lowest BCUT2D eigenvalue weighted by Gasteiger charge is -2.40. The molecule has 2 rings (SSSR count). The Bertz CT molecular complexity index is 315. The van der Waals surface area contributed by atoms with E-state index in [1.165, 1.54) is 0 Å². The molecule has 0 radical (unpaired) electrons. The monoisotopic (exact) mass is 194 g/mol. The van der Waals surface area contributed by atoms with Crippen LogP contribution >= 0.6 is 0 Å². The minimum absolute atomic E-state index is 0.174. The van der Waals surface area contributed by atoms with Crippen molar-refractivity contribution in [2.75, 3.05) is 13.1 Å². The number of carboxylic acid groups (broad SMARTS) is 1. The summed E-state index contributed by atoms with van der Waals surface area (Å²) >= 11 is 0. The highest BCUT2D eigenvalue weighted by Crippen LogP contribution is 2.27. The Hall–Kier alpha value is -1.29. The summed E-state index contributed by atoms with van der Waals surface area (Å²) < 4.78 is 0. The van der Waals surface area contributed by atoms with Crippen LogP contribution in [0.1, 0.15) is 18.7 Å². The number of likely N-dealkylation sites (tertiary alicyclic amines) is 1. The summed E-state index contributed by atoms with van der Waals surface area (Å²) in [5, 5.41) is 8.73. The van der Waals surface area contributed by atoms with Crippen molar-refractivity contribution >= 4 is 5.97 Å². The summed E-state index contributed by atoms with van der Waals surface area (Å²) in [4.78, 5) is 15.9. The van der Waals surface area contributed by atoms with E-state index in [2.05, 4.69) is 16.8 Å². The van der Waals surface area contributed by atoms with Crippen molar-refractivity contribution < 1.29 is 9.90 Å². The van der Waals surface area contributed by atoms with Crippen molar-refractivity contribution in [3.05, 3.63) is 24.0 Å². The average molecular weight is 194 g/mol. The molecule has 1 atom stereocenters. The smallest absolute Gasteiger partial charge is 0.309 e. The fourth-order valence-corrected chi connectivity index (χ4v) is 1.79. The van der Waals surface area contributed by atoms with Crippen LogP contribution in [-0.4, -0.2) is 34.0 Å². The zero-order valence-electron chi connectivity index (χ0n) is 8.10. The Morgan fingerprint density at radius 2 is 2.43 bits per heavy atom. The Labute approximate surface area is 82.5 Å². The van der Waals surface area contributed by atoms with E-state index in [-0.39, 0.29) is 5.92 Å². The van der Waals surface area contributed by atoms with Crippen LogP contribution in [-0.2, 0) is 4.79 Å². The molecule has 0 bridgehead atoms. The predicted octanol–water partition coefficient (Wildman–Crippen LogP) is 1.09. The molecule has 1 saturated heterocycles. The third-order valence-electron chi connectivity index (χ3n) is 2.88. The fraction of sp³-hybridized carbons (Fsp3) is 0.500. The fourth-order valence-electron chi connectivity index (χ4n) is 1.79. The zero-order chi connectivity index (χ0) is 10.1. The topological polar surface area (TPSA) is 56.3 Å². The maximum atomic E-state index is 10.6. The minimum atomic E-state index is -0.681. The van der Waals surface area contributed by atoms with Gasteiger partial charge in [-0.3, -0.25) is 9.69 Å². The van der Waals surface area contributed by atoms with E-state index >= 15 is 0 Å². The second-order valence-corrected chi connectivity index (χ2v) is 3.79. The summed E-state index contributed by atoms with van der Waals surface area (Å²) in [7, 11) is 0. The second-order valence-electron chi connectivity index (χ2n) is 3.79. The minimum Gasteiger partial charge on any atom is -0.481 e. The first-order chi connectivity index (χ1) is 6.68. The van der Waals surface area contributed by atoms with Gasteiger partial charge in [0.25, 0.3) is 0 Å². The Morgan fingerprint density at radius 3 is 2.93 bits per heavy atom. The molecule has 4 heteroatoms. The van der Waals surface area contributed by atoms with E-state index in [0.29, 0.717) is 19.1 Å². The first-order valence-corrected chi connectivity index (χ1v) is 4.78. The van der Waals surface area contributed by atoms with E-state index in [1.807, 2.05) is 18.3 Å². The number of aromatic amines is 1. The van der Waals surface area contributed by atoms with E-state index in [0.717, 1.165) is 5.69 Å². The largest absolute Gasteiger partial charge is 0.481 e. The van der Waals surface area contributed by atoms with Crippen LogP contribution in [0, 0.1) is 5.92 Å². The molecule has 0 amide bonds. The number of nitrogens with one attached hydrogen (secondary N) is 1. The Morgan fingerprint density at radius 1 is 1.71 bits per heavy atom. The molecule has 1 fully saturated rings. The molecular weight excluding hydrogens is 180 g/mol. The van der Waals surface area contributed by atoms with Gasteiger partial charge < -0.3 is 10.1 Å². The Kier molecular flexibility index (Phi) is 2.29. The van der Waals surface area contributed by atoms with Crippen molar-refractivity contribution in [3.63, 3.8) is 0 Å². The number of hydrogen-bond donors (Lipinski definition) is 2. The SMILES string of the molecule is CC(c1ccc[nH]1)N1CC(C(=O)O)C1. The van der Waals surface area contributed by atoms with Gasteiger partial charge in [-0.25, -0.2) is 0 Å². The van der Waals surface area contributed by atoms with Crippen molar-refractivity contribution in [3.8, 4) is 0 Å². The zero-order valence-corrected chi connectivity index (χ0v) is 8.10. The van der Waals surface area contributed by atoms with Crippen molar-refractivity contribution in [1.82, 2.24) is 9.88 Å². The van der Waals surface area contributed by atoms with Gasteiger partial charge in [0, 0.05) is 31.0 Å². The molecule has 1 aliphatic heterocycles. The van der Waals surface area contributed by atoms with Gasteiger partial charge in [0.05, 0.1) is 5.92 Å². The van der Waals surface area contributed by atoms with Crippen LogP contribution in [0.15, 0.2) is 18.3 Å². The third kappa shape index (κ3) is 1.53. The normalized spacial score (nSPS) is 20.4. The quantitative estimate of drug-likeness (QED) is 0.757. The molecule has 0 aromatic carbocycles. The number of carbonyl (C=O) groups is 1. The molecule has 0 spiro atoms. The molecule has 1 aromatic rings. The van der Waals surface area contributed by atoms with E-state index in [1.54, 1.807) is 0 Å². The molecule has 1 aromatic heterocycles. The van der Waals surface area contributed by atoms with Gasteiger partial charge in [0.2, 0.25) is 0 Å². The van der Waals surface area contributed by atoms with Crippen LogP contribution < -0.4 is 0 Å². The first-order valence-electron chi connectivity index (χ1n) is 4.78. The summed E-state index contributed by atoms with van der Waals surface area (Å²) in [5.74, 6) is -0.854. The van der Waals surface area contributed by atoms with Crippen LogP contribution in [0.2, 0.25) is 0 Å². The van der Waals surface area contributed by atoms with Crippen LogP contribution in [0.4, 0.5) is 0 Å². The summed E-state index contributed by atoms with van der Waals surface area (Å²) in [5.41, 5.74) is 1.15. The van der Waals surface area contributed by atoms with Gasteiger partial charge in [0.1, 0.15) is 0 Å². The van der Waals surface area contributed by atoms with E-state index in [4.69, 9.17) is 5.11 Å². The van der Waals surface area contributed by atoms with Crippen molar-refractivity contribution in [2.45, 2.75) is 13.0 Å². The maximum Gasteiger partial charge on any atom is 0.309 e. The van der Waals surface area contributed by atoms with Crippen LogP contribution in [0.3, 0.4) is 0 Å². The number of nitrogens with zero attached hydrogens (tertiary/aromatic N) is 1. The molecule has 4 nitrogen and oxygen atoms in total. The number of rotatable bonds is 3. The van der Waals surface area contributed by atoms with E-state index in [9.17, 15) is 4.79 Å². The lowest BCUT2D eigenvalue weighted by atomic mass is 9.97. The van der Waals surface area contributed by atoms with Gasteiger partial charge >= 0.3 is 5.97 Å². The van der Waals surface area contributed by atoms with Gasteiger partial charge in [-0.05, 0) is 19.1 Å². The third-order valence-corrected chi connectivity index (χ3v) is 2.88. The van der Waals surface area contributed by atoms with Crippen molar-refractivity contribution in [1.29, 1.82) is 0 Å². The second kappa shape index (κ2) is 3.46. The summed E-state index contributed by atoms with van der Waals surface area (Å²) in [6.07, 6.45) is 1.89. The molecule has 2 heterocycles. The lowest BCUT2D eigenvalue weighted by Crippen LogP contribution is -2.51. The van der Waals surface area contributed by atoms with Crippen molar-refractivity contribution in [2.24, 2.45) is 5.92 Å². The highest BCUT2D eigenvalue weighted by molar-refractivity contribution is 5.71. The number of carboxylic acids is 1. The Balaban J connectivity index is 1.91. The number of aliphatic carboxylic acids is 1. The number of H-pyrrole nitrogens is 1. The van der Waals surface area contributed by atoms with Gasteiger partial charge in [-0.1, -0.05) is 0 Å². The van der Waals surface area contributed by atoms with Crippen LogP contribution in [0.5, 0.6) is 0 Å². The molecule has 1 unspecified atom stereocenters. The standard InChI is InChI=1S/C10H14N2O2/c1-7(9-3-2-4-11-9)12-5-8(6-12)10(13)14/h2-4,7-8,11H,5-6H2,1H3,(H,13,14). The predicted molar refractivity (Wildman–Crippen MR) is 51.9 cm³/mol. The van der Waals surface area contributed by atoms with Gasteiger partial charge in [0.15, 0.2) is 0 Å². The van der Waals surface area contributed by atoms with Gasteiger partial charge in [-0.15, -0.1) is 0 Å². The highest BCUT2D eigenvalue weighted by Gasteiger charge is 2.35. The number of hydrogen-bond acceptors (Lipinski definition) is 2. The molecule has 14 heavy (non-hydrogen) atoms. The van der Waals surface area contributed by atoms with E-state index < -0.39 is 5.97 Å². The highest BCUT2D eigenvalue weighted by atomic mass is 16.4. The summed E-state index contributed by atoms with van der Waals surface area (Å²) in [6, 6.07) is 4.28. The average Bonchev–Trinajstić information content (AvgIpc) is 2.51. The molecule has 0 saturated carbocycles. The molecule has 1 aliphatic rings.